The second-order valence-electron chi connectivity index (χ2n) is 3.99. The Bertz CT molecular complexity index is 270. The van der Waals surface area contributed by atoms with Gasteiger partial charge < -0.3 is 10.6 Å². The van der Waals surface area contributed by atoms with Gasteiger partial charge in [0.05, 0.1) is 0 Å². The molecular weight excluding hydrogens is 204 g/mol. The zero-order valence-electron chi connectivity index (χ0n) is 9.97. The minimum absolute atomic E-state index is 0.746. The summed E-state index contributed by atoms with van der Waals surface area (Å²) in [6.07, 6.45) is 1.23. The average molecular weight is 226 g/mol. The van der Waals surface area contributed by atoms with Gasteiger partial charge >= 0.3 is 0 Å². The Morgan fingerprint density at radius 3 is 2.73 bits per heavy atom. The predicted molar refractivity (Wildman–Crippen MR) is 68.5 cm³/mol. The van der Waals surface area contributed by atoms with Gasteiger partial charge in [-0.25, -0.2) is 0 Å². The number of hydrogen-bond donors (Lipinski definition) is 2. The van der Waals surface area contributed by atoms with Crippen molar-refractivity contribution in [2.75, 3.05) is 20.1 Å². The summed E-state index contributed by atoms with van der Waals surface area (Å²) in [7, 11) is 2.02. The molecule has 0 aliphatic heterocycles. The molecule has 1 unspecified atom stereocenters. The summed E-state index contributed by atoms with van der Waals surface area (Å²) in [5, 5.41) is 8.94. The first-order valence-electron chi connectivity index (χ1n) is 5.66. The Labute approximate surface area is 97.1 Å². The van der Waals surface area contributed by atoms with Crippen molar-refractivity contribution < 1.29 is 0 Å². The van der Waals surface area contributed by atoms with Gasteiger partial charge in [0.25, 0.3) is 0 Å². The molecule has 86 valence electrons. The van der Waals surface area contributed by atoms with Crippen LogP contribution >= 0.6 is 11.3 Å². The van der Waals surface area contributed by atoms with E-state index in [1.807, 2.05) is 18.4 Å². The van der Waals surface area contributed by atoms with Crippen LogP contribution in [0.3, 0.4) is 0 Å². The minimum atomic E-state index is 0.746. The number of thiophene rings is 1. The molecule has 1 heterocycles. The second-order valence-corrected chi connectivity index (χ2v) is 4.99. The van der Waals surface area contributed by atoms with Gasteiger partial charge in [-0.2, -0.15) is 0 Å². The third-order valence-electron chi connectivity index (χ3n) is 2.76. The highest BCUT2D eigenvalue weighted by Crippen LogP contribution is 2.14. The van der Waals surface area contributed by atoms with Crippen LogP contribution in [-0.2, 0) is 6.54 Å². The van der Waals surface area contributed by atoms with Gasteiger partial charge in [0.2, 0.25) is 0 Å². The molecule has 1 atom stereocenters. The van der Waals surface area contributed by atoms with Crippen LogP contribution in [0.2, 0.25) is 0 Å². The topological polar surface area (TPSA) is 24.1 Å². The van der Waals surface area contributed by atoms with E-state index in [1.54, 1.807) is 0 Å². The molecule has 1 aromatic rings. The highest BCUT2D eigenvalue weighted by atomic mass is 32.1. The van der Waals surface area contributed by atoms with Crippen molar-refractivity contribution in [2.45, 2.75) is 26.8 Å². The molecule has 0 radical (unpaired) electrons. The van der Waals surface area contributed by atoms with Crippen LogP contribution in [0.15, 0.2) is 11.4 Å². The maximum atomic E-state index is 3.53. The number of aryl methyl sites for hydroxylation is 1. The Morgan fingerprint density at radius 2 is 2.20 bits per heavy atom. The first-order valence-corrected chi connectivity index (χ1v) is 6.54. The van der Waals surface area contributed by atoms with E-state index >= 15 is 0 Å². The molecule has 1 aromatic heterocycles. The average Bonchev–Trinajstić information content (AvgIpc) is 2.63. The molecule has 1 rings (SSSR count). The van der Waals surface area contributed by atoms with Crippen LogP contribution in [0.25, 0.3) is 0 Å². The van der Waals surface area contributed by atoms with E-state index in [4.69, 9.17) is 0 Å². The van der Waals surface area contributed by atoms with Crippen molar-refractivity contribution in [2.24, 2.45) is 5.92 Å². The standard InChI is InChI=1S/C12H22N2S/c1-4-11(7-13-3)8-14-9-12-10(2)5-6-15-12/h5-6,11,13-14H,4,7-9H2,1-3H3. The monoisotopic (exact) mass is 226 g/mol. The SMILES string of the molecule is CCC(CNC)CNCc1sccc1C. The molecule has 2 N–H and O–H groups in total. The van der Waals surface area contributed by atoms with Crippen molar-refractivity contribution in [1.82, 2.24) is 10.6 Å². The molecule has 0 aliphatic carbocycles. The Kier molecular flexibility index (Phi) is 5.91. The Morgan fingerprint density at radius 1 is 1.40 bits per heavy atom. The van der Waals surface area contributed by atoms with Crippen molar-refractivity contribution >= 4 is 11.3 Å². The lowest BCUT2D eigenvalue weighted by molar-refractivity contribution is 0.445. The normalized spacial score (nSPS) is 13.0. The van der Waals surface area contributed by atoms with Gasteiger partial charge in [-0.15, -0.1) is 11.3 Å². The maximum Gasteiger partial charge on any atom is 0.0302 e. The van der Waals surface area contributed by atoms with Crippen LogP contribution in [0.4, 0.5) is 0 Å². The largest absolute Gasteiger partial charge is 0.319 e. The van der Waals surface area contributed by atoms with Crippen LogP contribution in [0.5, 0.6) is 0 Å². The number of rotatable bonds is 7. The van der Waals surface area contributed by atoms with Gasteiger partial charge in [0.1, 0.15) is 0 Å². The molecule has 2 nitrogen and oxygen atoms in total. The summed E-state index contributed by atoms with van der Waals surface area (Å²) in [5.41, 5.74) is 1.41. The van der Waals surface area contributed by atoms with Crippen molar-refractivity contribution in [3.05, 3.63) is 21.9 Å². The van der Waals surface area contributed by atoms with Gasteiger partial charge in [0.15, 0.2) is 0 Å². The lowest BCUT2D eigenvalue weighted by atomic mass is 10.1. The lowest BCUT2D eigenvalue weighted by Crippen LogP contribution is -2.29. The van der Waals surface area contributed by atoms with Crippen LogP contribution in [0, 0.1) is 12.8 Å². The molecule has 0 spiro atoms. The van der Waals surface area contributed by atoms with Crippen LogP contribution < -0.4 is 10.6 Å². The van der Waals surface area contributed by atoms with E-state index in [0.29, 0.717) is 0 Å². The summed E-state index contributed by atoms with van der Waals surface area (Å²) in [6.45, 7) is 7.66. The molecule has 0 amide bonds. The molecule has 0 aromatic carbocycles. The number of nitrogens with one attached hydrogen (secondary N) is 2. The van der Waals surface area contributed by atoms with E-state index in [-0.39, 0.29) is 0 Å². The molecule has 0 bridgehead atoms. The summed E-state index contributed by atoms with van der Waals surface area (Å²) >= 11 is 1.84. The van der Waals surface area contributed by atoms with E-state index in [2.05, 4.69) is 35.9 Å². The fourth-order valence-electron chi connectivity index (χ4n) is 1.62. The first-order chi connectivity index (χ1) is 7.27. The fraction of sp³-hybridized carbons (Fsp3) is 0.667. The summed E-state index contributed by atoms with van der Waals surface area (Å²) in [5.74, 6) is 0.746. The van der Waals surface area contributed by atoms with Crippen LogP contribution in [-0.4, -0.2) is 20.1 Å². The summed E-state index contributed by atoms with van der Waals surface area (Å²) in [4.78, 5) is 1.47. The zero-order valence-corrected chi connectivity index (χ0v) is 10.8. The predicted octanol–water partition coefficient (Wildman–Crippen LogP) is 2.39. The van der Waals surface area contributed by atoms with Crippen molar-refractivity contribution in [3.8, 4) is 0 Å². The molecule has 0 saturated heterocycles. The van der Waals surface area contributed by atoms with Crippen molar-refractivity contribution in [1.29, 1.82) is 0 Å². The van der Waals surface area contributed by atoms with Crippen LogP contribution in [0.1, 0.15) is 23.8 Å². The van der Waals surface area contributed by atoms with Crippen molar-refractivity contribution in [3.63, 3.8) is 0 Å². The third kappa shape index (κ3) is 4.33. The smallest absolute Gasteiger partial charge is 0.0302 e. The minimum Gasteiger partial charge on any atom is -0.319 e. The number of hydrogen-bond acceptors (Lipinski definition) is 3. The lowest BCUT2D eigenvalue weighted by Gasteiger charge is -2.14. The molecule has 3 heteroatoms. The van der Waals surface area contributed by atoms with Gasteiger partial charge in [-0.1, -0.05) is 13.3 Å². The van der Waals surface area contributed by atoms with Gasteiger partial charge in [0, 0.05) is 11.4 Å². The first kappa shape index (κ1) is 12.7. The zero-order chi connectivity index (χ0) is 11.1. The molecule has 0 fully saturated rings. The highest BCUT2D eigenvalue weighted by Gasteiger charge is 2.05. The van der Waals surface area contributed by atoms with E-state index < -0.39 is 0 Å². The molecule has 15 heavy (non-hydrogen) atoms. The quantitative estimate of drug-likeness (QED) is 0.746. The molecule has 0 saturated carbocycles. The van der Waals surface area contributed by atoms with Gasteiger partial charge in [-0.05, 0) is 50.0 Å². The highest BCUT2D eigenvalue weighted by molar-refractivity contribution is 7.10. The second kappa shape index (κ2) is 6.99. The summed E-state index contributed by atoms with van der Waals surface area (Å²) < 4.78 is 0. The fourth-order valence-corrected chi connectivity index (χ4v) is 2.50. The van der Waals surface area contributed by atoms with E-state index in [0.717, 1.165) is 25.6 Å². The van der Waals surface area contributed by atoms with E-state index in [9.17, 15) is 0 Å². The molecule has 0 aliphatic rings. The molecular formula is C12H22N2S. The van der Waals surface area contributed by atoms with Gasteiger partial charge in [-0.3, -0.25) is 0 Å². The maximum absolute atomic E-state index is 3.53. The Balaban J connectivity index is 2.23. The van der Waals surface area contributed by atoms with E-state index in [1.165, 1.54) is 16.9 Å². The Hall–Kier alpha value is -0.380. The summed E-state index contributed by atoms with van der Waals surface area (Å²) in [6, 6.07) is 2.19. The third-order valence-corrected chi connectivity index (χ3v) is 3.78.